The first-order valence-electron chi connectivity index (χ1n) is 9.56. The fraction of sp³-hybridized carbons (Fsp3) is 0.550. The van der Waals surface area contributed by atoms with Gasteiger partial charge in [0.15, 0.2) is 0 Å². The second-order valence-corrected chi connectivity index (χ2v) is 7.62. The van der Waals surface area contributed by atoms with Gasteiger partial charge in [0.1, 0.15) is 6.04 Å². The van der Waals surface area contributed by atoms with Crippen LogP contribution in [0.3, 0.4) is 0 Å². The molecule has 1 fully saturated rings. The first kappa shape index (κ1) is 19.4. The standard InChI is InChI=1S/C20H28N4O3/c1-22(2)12-6-4-5-7-14-8-9-15-17(13-14)23(3)20(27)24(15)16-10-11-18(25)21-19(16)26/h8-9,13,16H,4-7,10-12H2,1-3H3,(H,21,25,26). The Morgan fingerprint density at radius 3 is 2.59 bits per heavy atom. The predicted octanol–water partition coefficient (Wildman–Crippen LogP) is 1.59. The van der Waals surface area contributed by atoms with E-state index in [1.807, 2.05) is 18.2 Å². The van der Waals surface area contributed by atoms with Gasteiger partial charge in [0.05, 0.1) is 11.0 Å². The van der Waals surface area contributed by atoms with Crippen LogP contribution in [0.1, 0.15) is 43.7 Å². The van der Waals surface area contributed by atoms with Crippen LogP contribution in [0.4, 0.5) is 0 Å². The molecule has 27 heavy (non-hydrogen) atoms. The molecule has 0 aliphatic carbocycles. The molecule has 1 atom stereocenters. The molecule has 1 unspecified atom stereocenters. The number of aromatic nitrogens is 2. The monoisotopic (exact) mass is 372 g/mol. The number of unbranched alkanes of at least 4 members (excludes halogenated alkanes) is 2. The quantitative estimate of drug-likeness (QED) is 0.592. The number of carbonyl (C=O) groups excluding carboxylic acids is 2. The molecule has 0 bridgehead atoms. The lowest BCUT2D eigenvalue weighted by Gasteiger charge is -2.21. The zero-order valence-corrected chi connectivity index (χ0v) is 16.3. The van der Waals surface area contributed by atoms with Gasteiger partial charge in [-0.25, -0.2) is 4.79 Å². The summed E-state index contributed by atoms with van der Waals surface area (Å²) in [6, 6.07) is 5.38. The fourth-order valence-electron chi connectivity index (χ4n) is 3.73. The molecule has 2 aromatic rings. The Hall–Kier alpha value is -2.41. The van der Waals surface area contributed by atoms with E-state index in [-0.39, 0.29) is 18.0 Å². The van der Waals surface area contributed by atoms with Crippen LogP contribution < -0.4 is 11.0 Å². The molecule has 2 amide bonds. The summed E-state index contributed by atoms with van der Waals surface area (Å²) in [4.78, 5) is 38.6. The molecule has 1 aliphatic heterocycles. The van der Waals surface area contributed by atoms with E-state index in [9.17, 15) is 14.4 Å². The molecule has 1 aromatic carbocycles. The molecule has 146 valence electrons. The van der Waals surface area contributed by atoms with E-state index in [0.717, 1.165) is 30.4 Å². The van der Waals surface area contributed by atoms with Gasteiger partial charge in [-0.2, -0.15) is 0 Å². The van der Waals surface area contributed by atoms with E-state index in [0.29, 0.717) is 6.42 Å². The number of benzene rings is 1. The van der Waals surface area contributed by atoms with Gasteiger partial charge in [-0.1, -0.05) is 12.5 Å². The van der Waals surface area contributed by atoms with Crippen LogP contribution in [-0.2, 0) is 23.1 Å². The van der Waals surface area contributed by atoms with E-state index in [2.05, 4.69) is 24.3 Å². The summed E-state index contributed by atoms with van der Waals surface area (Å²) < 4.78 is 3.12. The minimum Gasteiger partial charge on any atom is -0.309 e. The molecule has 1 aliphatic rings. The lowest BCUT2D eigenvalue weighted by atomic mass is 10.0. The van der Waals surface area contributed by atoms with Crippen LogP contribution in [0.15, 0.2) is 23.0 Å². The third-order valence-corrected chi connectivity index (χ3v) is 5.25. The Morgan fingerprint density at radius 1 is 1.11 bits per heavy atom. The average molecular weight is 372 g/mol. The zero-order chi connectivity index (χ0) is 19.6. The normalized spacial score (nSPS) is 17.7. The minimum atomic E-state index is -0.629. The summed E-state index contributed by atoms with van der Waals surface area (Å²) in [7, 11) is 5.90. The molecule has 1 saturated heterocycles. The van der Waals surface area contributed by atoms with Crippen molar-refractivity contribution in [3.63, 3.8) is 0 Å². The summed E-state index contributed by atoms with van der Waals surface area (Å²) in [6.07, 6.45) is 5.05. The maximum absolute atomic E-state index is 12.7. The van der Waals surface area contributed by atoms with Crippen LogP contribution in [0.2, 0.25) is 0 Å². The predicted molar refractivity (Wildman–Crippen MR) is 105 cm³/mol. The van der Waals surface area contributed by atoms with Crippen LogP contribution in [0, 0.1) is 0 Å². The van der Waals surface area contributed by atoms with Gasteiger partial charge in [-0.15, -0.1) is 0 Å². The number of fused-ring (bicyclic) bond motifs is 1. The Bertz CT molecular complexity index is 910. The van der Waals surface area contributed by atoms with E-state index in [1.54, 1.807) is 11.6 Å². The van der Waals surface area contributed by atoms with Gasteiger partial charge >= 0.3 is 5.69 Å². The highest BCUT2D eigenvalue weighted by Crippen LogP contribution is 2.24. The highest BCUT2D eigenvalue weighted by atomic mass is 16.2. The average Bonchev–Trinajstić information content (AvgIpc) is 2.86. The number of carbonyl (C=O) groups is 2. The number of piperidine rings is 1. The van der Waals surface area contributed by atoms with Gasteiger partial charge < -0.3 is 4.90 Å². The summed E-state index contributed by atoms with van der Waals surface area (Å²) in [5.74, 6) is -0.674. The molecule has 1 aromatic heterocycles. The smallest absolute Gasteiger partial charge is 0.309 e. The molecule has 2 heterocycles. The number of aryl methyl sites for hydroxylation is 2. The Morgan fingerprint density at radius 2 is 1.89 bits per heavy atom. The topological polar surface area (TPSA) is 76.3 Å². The van der Waals surface area contributed by atoms with Crippen molar-refractivity contribution in [3.05, 3.63) is 34.2 Å². The number of amides is 2. The molecule has 0 radical (unpaired) electrons. The maximum Gasteiger partial charge on any atom is 0.329 e. The van der Waals surface area contributed by atoms with Crippen molar-refractivity contribution < 1.29 is 9.59 Å². The SMILES string of the molecule is CN(C)CCCCCc1ccc2c(c1)n(C)c(=O)n2C1CCC(=O)NC1=O. The van der Waals surface area contributed by atoms with Crippen LogP contribution in [0.25, 0.3) is 11.0 Å². The van der Waals surface area contributed by atoms with Gasteiger partial charge in [0, 0.05) is 13.5 Å². The first-order chi connectivity index (χ1) is 12.9. The fourth-order valence-corrected chi connectivity index (χ4v) is 3.73. The number of hydrogen-bond acceptors (Lipinski definition) is 4. The Kier molecular flexibility index (Phi) is 5.79. The second-order valence-electron chi connectivity index (χ2n) is 7.62. The van der Waals surface area contributed by atoms with Crippen molar-refractivity contribution >= 4 is 22.8 Å². The number of imide groups is 1. The molecule has 1 N–H and O–H groups in total. The molecule has 0 spiro atoms. The van der Waals surface area contributed by atoms with Crippen LogP contribution >= 0.6 is 0 Å². The van der Waals surface area contributed by atoms with Crippen LogP contribution in [0.5, 0.6) is 0 Å². The summed E-state index contributed by atoms with van der Waals surface area (Å²) in [5.41, 5.74) is 2.55. The number of nitrogens with zero attached hydrogens (tertiary/aromatic N) is 3. The van der Waals surface area contributed by atoms with E-state index in [4.69, 9.17) is 0 Å². The molecule has 7 heteroatoms. The number of nitrogens with one attached hydrogen (secondary N) is 1. The lowest BCUT2D eigenvalue weighted by Crippen LogP contribution is -2.44. The molecular formula is C20H28N4O3. The number of hydrogen-bond donors (Lipinski definition) is 1. The minimum absolute atomic E-state index is 0.220. The molecular weight excluding hydrogens is 344 g/mol. The second kappa shape index (κ2) is 8.08. The summed E-state index contributed by atoms with van der Waals surface area (Å²) in [6.45, 7) is 1.10. The highest BCUT2D eigenvalue weighted by molar-refractivity contribution is 6.00. The van der Waals surface area contributed by atoms with E-state index < -0.39 is 11.9 Å². The van der Waals surface area contributed by atoms with E-state index >= 15 is 0 Å². The van der Waals surface area contributed by atoms with E-state index in [1.165, 1.54) is 23.0 Å². The molecule has 7 nitrogen and oxygen atoms in total. The Labute approximate surface area is 158 Å². The van der Waals surface area contributed by atoms with Gasteiger partial charge in [0.2, 0.25) is 11.8 Å². The summed E-state index contributed by atoms with van der Waals surface area (Å²) in [5, 5.41) is 2.34. The zero-order valence-electron chi connectivity index (χ0n) is 16.3. The highest BCUT2D eigenvalue weighted by Gasteiger charge is 2.31. The van der Waals surface area contributed by atoms with Gasteiger partial charge in [-0.05, 0) is 64.0 Å². The van der Waals surface area contributed by atoms with Gasteiger partial charge in [-0.3, -0.25) is 24.0 Å². The summed E-state index contributed by atoms with van der Waals surface area (Å²) >= 11 is 0. The van der Waals surface area contributed by atoms with Gasteiger partial charge in [0.25, 0.3) is 0 Å². The largest absolute Gasteiger partial charge is 0.329 e. The van der Waals surface area contributed by atoms with Crippen molar-refractivity contribution in [3.8, 4) is 0 Å². The van der Waals surface area contributed by atoms with Crippen molar-refractivity contribution in [1.82, 2.24) is 19.4 Å². The molecule has 0 saturated carbocycles. The van der Waals surface area contributed by atoms with Crippen molar-refractivity contribution in [2.24, 2.45) is 7.05 Å². The first-order valence-corrected chi connectivity index (χ1v) is 9.56. The third kappa shape index (κ3) is 4.13. The van der Waals surface area contributed by atoms with Crippen molar-refractivity contribution in [2.45, 2.75) is 44.6 Å². The Balaban J connectivity index is 1.80. The number of rotatable bonds is 7. The third-order valence-electron chi connectivity index (χ3n) is 5.25. The van der Waals surface area contributed by atoms with Crippen molar-refractivity contribution in [2.75, 3.05) is 20.6 Å². The van der Waals surface area contributed by atoms with Crippen LogP contribution in [-0.4, -0.2) is 46.5 Å². The number of imidazole rings is 1. The molecule has 3 rings (SSSR count). The van der Waals surface area contributed by atoms with Crippen molar-refractivity contribution in [1.29, 1.82) is 0 Å². The maximum atomic E-state index is 12.7. The lowest BCUT2D eigenvalue weighted by molar-refractivity contribution is -0.135.